The Bertz CT molecular complexity index is 337. The van der Waals surface area contributed by atoms with Crippen LogP contribution >= 0.6 is 0 Å². The first-order valence-corrected chi connectivity index (χ1v) is 7.81. The normalized spacial score (nSPS) is 12.3. The van der Waals surface area contributed by atoms with Crippen molar-refractivity contribution in [1.82, 2.24) is 5.32 Å². The van der Waals surface area contributed by atoms with Gasteiger partial charge < -0.3 is 14.8 Å². The Morgan fingerprint density at radius 3 is 2.35 bits per heavy atom. The molecule has 1 aromatic carbocycles. The van der Waals surface area contributed by atoms with Crippen molar-refractivity contribution >= 4 is 0 Å². The number of hydrogen-bond donors (Lipinski definition) is 1. The van der Waals surface area contributed by atoms with Crippen LogP contribution in [0, 0.1) is 0 Å². The molecule has 0 heterocycles. The summed E-state index contributed by atoms with van der Waals surface area (Å²) in [5.41, 5.74) is 1.29. The van der Waals surface area contributed by atoms with Crippen LogP contribution in [0.5, 0.6) is 5.75 Å². The summed E-state index contributed by atoms with van der Waals surface area (Å²) in [4.78, 5) is 0. The number of nitrogens with one attached hydrogen (secondary N) is 1. The highest BCUT2D eigenvalue weighted by molar-refractivity contribution is 5.28. The van der Waals surface area contributed by atoms with Gasteiger partial charge in [0, 0.05) is 19.3 Å². The van der Waals surface area contributed by atoms with Gasteiger partial charge in [0.25, 0.3) is 0 Å². The number of hydrogen-bond acceptors (Lipinski definition) is 3. The van der Waals surface area contributed by atoms with Crippen molar-refractivity contribution in [2.45, 2.75) is 46.1 Å². The van der Waals surface area contributed by atoms with Crippen molar-refractivity contribution < 1.29 is 9.47 Å². The molecule has 0 aliphatic carbocycles. The maximum Gasteiger partial charge on any atom is 0.119 e. The molecule has 1 atom stereocenters. The van der Waals surface area contributed by atoms with E-state index in [1.165, 1.54) is 5.56 Å². The van der Waals surface area contributed by atoms with Crippen LogP contribution in [0.2, 0.25) is 0 Å². The average molecular weight is 279 g/mol. The first kappa shape index (κ1) is 17.0. The Morgan fingerprint density at radius 1 is 1.00 bits per heavy atom. The van der Waals surface area contributed by atoms with E-state index in [2.05, 4.69) is 38.2 Å². The highest BCUT2D eigenvalue weighted by atomic mass is 16.5. The minimum Gasteiger partial charge on any atom is -0.494 e. The Morgan fingerprint density at radius 2 is 1.70 bits per heavy atom. The zero-order valence-electron chi connectivity index (χ0n) is 13.2. The third-order valence-corrected chi connectivity index (χ3v) is 3.12. The molecule has 1 rings (SSSR count). The summed E-state index contributed by atoms with van der Waals surface area (Å²) in [5.74, 6) is 0.954. The van der Waals surface area contributed by atoms with Gasteiger partial charge in [-0.1, -0.05) is 26.0 Å². The van der Waals surface area contributed by atoms with Gasteiger partial charge >= 0.3 is 0 Å². The van der Waals surface area contributed by atoms with E-state index >= 15 is 0 Å². The Kier molecular flexibility index (Phi) is 9.09. The lowest BCUT2D eigenvalue weighted by Crippen LogP contribution is -2.21. The number of benzene rings is 1. The summed E-state index contributed by atoms with van der Waals surface area (Å²) in [6.07, 6.45) is 3.19. The van der Waals surface area contributed by atoms with Crippen molar-refractivity contribution in [2.75, 3.05) is 26.4 Å². The second kappa shape index (κ2) is 10.7. The molecule has 1 unspecified atom stereocenters. The Hall–Kier alpha value is -1.06. The van der Waals surface area contributed by atoms with E-state index < -0.39 is 0 Å². The molecule has 0 aliphatic heterocycles. The maximum atomic E-state index is 5.59. The third-order valence-electron chi connectivity index (χ3n) is 3.12. The number of rotatable bonds is 11. The van der Waals surface area contributed by atoms with Crippen LogP contribution in [0.4, 0.5) is 0 Å². The van der Waals surface area contributed by atoms with Gasteiger partial charge in [-0.3, -0.25) is 0 Å². The fourth-order valence-electron chi connectivity index (χ4n) is 1.93. The number of ether oxygens (including phenoxy) is 2. The van der Waals surface area contributed by atoms with Gasteiger partial charge in [0.05, 0.1) is 6.61 Å². The Labute approximate surface area is 123 Å². The van der Waals surface area contributed by atoms with Gasteiger partial charge in [-0.05, 0) is 50.4 Å². The SMILES string of the molecule is CCCOCCCNC(C)c1ccc(OCCC)cc1. The van der Waals surface area contributed by atoms with Crippen molar-refractivity contribution in [3.05, 3.63) is 29.8 Å². The lowest BCUT2D eigenvalue weighted by atomic mass is 10.1. The summed E-state index contributed by atoms with van der Waals surface area (Å²) >= 11 is 0. The van der Waals surface area contributed by atoms with Gasteiger partial charge in [0.1, 0.15) is 5.75 Å². The zero-order chi connectivity index (χ0) is 14.6. The minimum atomic E-state index is 0.362. The molecule has 20 heavy (non-hydrogen) atoms. The molecule has 0 radical (unpaired) electrons. The fourth-order valence-corrected chi connectivity index (χ4v) is 1.93. The van der Waals surface area contributed by atoms with Crippen molar-refractivity contribution in [2.24, 2.45) is 0 Å². The molecule has 0 fully saturated rings. The van der Waals surface area contributed by atoms with Gasteiger partial charge in [0.2, 0.25) is 0 Å². The van der Waals surface area contributed by atoms with Crippen LogP contribution in [0.1, 0.15) is 51.6 Å². The van der Waals surface area contributed by atoms with E-state index in [1.807, 2.05) is 12.1 Å². The quantitative estimate of drug-likeness (QED) is 0.622. The van der Waals surface area contributed by atoms with Gasteiger partial charge in [-0.2, -0.15) is 0 Å². The van der Waals surface area contributed by atoms with Crippen LogP contribution in [-0.2, 0) is 4.74 Å². The monoisotopic (exact) mass is 279 g/mol. The van der Waals surface area contributed by atoms with Crippen LogP contribution in [0.15, 0.2) is 24.3 Å². The lowest BCUT2D eigenvalue weighted by molar-refractivity contribution is 0.132. The largest absolute Gasteiger partial charge is 0.494 e. The molecule has 1 aromatic rings. The second-order valence-electron chi connectivity index (χ2n) is 5.06. The third kappa shape index (κ3) is 6.92. The van der Waals surface area contributed by atoms with E-state index in [4.69, 9.17) is 9.47 Å². The van der Waals surface area contributed by atoms with E-state index in [9.17, 15) is 0 Å². The van der Waals surface area contributed by atoms with Crippen LogP contribution in [0.3, 0.4) is 0 Å². The smallest absolute Gasteiger partial charge is 0.119 e. The summed E-state index contributed by atoms with van der Waals surface area (Å²) in [5, 5.41) is 3.52. The standard InChI is InChI=1S/C17H29NO2/c1-4-12-19-14-6-11-18-15(3)16-7-9-17(10-8-16)20-13-5-2/h7-10,15,18H,4-6,11-14H2,1-3H3. The molecule has 0 aliphatic rings. The van der Waals surface area contributed by atoms with Gasteiger partial charge in [0.15, 0.2) is 0 Å². The van der Waals surface area contributed by atoms with Gasteiger partial charge in [-0.15, -0.1) is 0 Å². The van der Waals surface area contributed by atoms with E-state index in [-0.39, 0.29) is 0 Å². The minimum absolute atomic E-state index is 0.362. The molecule has 0 spiro atoms. The molecular formula is C17H29NO2. The summed E-state index contributed by atoms with van der Waals surface area (Å²) in [6.45, 7) is 9.92. The average Bonchev–Trinajstić information content (AvgIpc) is 2.49. The predicted molar refractivity (Wildman–Crippen MR) is 84.4 cm³/mol. The molecular weight excluding hydrogens is 250 g/mol. The van der Waals surface area contributed by atoms with E-state index in [1.54, 1.807) is 0 Å². The van der Waals surface area contributed by atoms with Crippen LogP contribution < -0.4 is 10.1 Å². The predicted octanol–water partition coefficient (Wildman–Crippen LogP) is 3.94. The molecule has 0 aromatic heterocycles. The van der Waals surface area contributed by atoms with Crippen molar-refractivity contribution in [1.29, 1.82) is 0 Å². The molecule has 0 amide bonds. The van der Waals surface area contributed by atoms with E-state index in [0.29, 0.717) is 6.04 Å². The molecule has 3 nitrogen and oxygen atoms in total. The fraction of sp³-hybridized carbons (Fsp3) is 0.647. The first-order chi connectivity index (χ1) is 9.77. The van der Waals surface area contributed by atoms with Crippen molar-refractivity contribution in [3.8, 4) is 5.75 Å². The molecule has 0 bridgehead atoms. The molecule has 1 N–H and O–H groups in total. The first-order valence-electron chi connectivity index (χ1n) is 7.81. The van der Waals surface area contributed by atoms with Crippen LogP contribution in [-0.4, -0.2) is 26.4 Å². The van der Waals surface area contributed by atoms with Crippen molar-refractivity contribution in [3.63, 3.8) is 0 Å². The second-order valence-corrected chi connectivity index (χ2v) is 5.06. The molecule has 0 saturated carbocycles. The van der Waals surface area contributed by atoms with E-state index in [0.717, 1.165) is 51.4 Å². The molecule has 0 saturated heterocycles. The Balaban J connectivity index is 2.23. The highest BCUT2D eigenvalue weighted by Gasteiger charge is 2.04. The lowest BCUT2D eigenvalue weighted by Gasteiger charge is -2.15. The summed E-state index contributed by atoms with van der Waals surface area (Å²) < 4.78 is 11.1. The summed E-state index contributed by atoms with van der Waals surface area (Å²) in [6, 6.07) is 8.73. The molecule has 3 heteroatoms. The maximum absolute atomic E-state index is 5.59. The highest BCUT2D eigenvalue weighted by Crippen LogP contribution is 2.17. The van der Waals surface area contributed by atoms with Crippen LogP contribution in [0.25, 0.3) is 0 Å². The summed E-state index contributed by atoms with van der Waals surface area (Å²) in [7, 11) is 0. The zero-order valence-corrected chi connectivity index (χ0v) is 13.2. The topological polar surface area (TPSA) is 30.5 Å². The molecule has 114 valence electrons. The van der Waals surface area contributed by atoms with Gasteiger partial charge in [-0.25, -0.2) is 0 Å².